The number of nitrogens with zero attached hydrogens (tertiary/aromatic N) is 6. The Morgan fingerprint density at radius 2 is 2.19 bits per heavy atom. The van der Waals surface area contributed by atoms with Gasteiger partial charge in [-0.1, -0.05) is 12.1 Å². The number of aliphatic imine (C=N–C) groups is 1. The summed E-state index contributed by atoms with van der Waals surface area (Å²) in [5.41, 5.74) is 2.90. The number of para-hydroxylation sites is 1. The van der Waals surface area contributed by atoms with Crippen molar-refractivity contribution in [1.29, 1.82) is 5.26 Å². The summed E-state index contributed by atoms with van der Waals surface area (Å²) in [6, 6.07) is 10.6. The Labute approximate surface area is 185 Å². The average Bonchev–Trinajstić information content (AvgIpc) is 3.19. The number of hydrogen-bond donors (Lipinski definition) is 2. The van der Waals surface area contributed by atoms with Crippen LogP contribution in [0.5, 0.6) is 0 Å². The molecule has 0 spiro atoms. The number of nitrogens with one attached hydrogen (secondary N) is 2. The van der Waals surface area contributed by atoms with E-state index in [-0.39, 0.29) is 12.1 Å². The van der Waals surface area contributed by atoms with Crippen molar-refractivity contribution in [3.8, 4) is 6.07 Å². The Hall–Kier alpha value is -3.05. The summed E-state index contributed by atoms with van der Waals surface area (Å²) in [6.45, 7) is 5.34. The van der Waals surface area contributed by atoms with Crippen molar-refractivity contribution >= 4 is 11.6 Å². The summed E-state index contributed by atoms with van der Waals surface area (Å²) in [5, 5.41) is 20.8. The molecule has 2 heterocycles. The van der Waals surface area contributed by atoms with Crippen LogP contribution in [0.4, 0.5) is 5.69 Å². The molecule has 2 aromatic rings. The van der Waals surface area contributed by atoms with Gasteiger partial charge in [-0.2, -0.15) is 10.4 Å². The largest absolute Gasteiger partial charge is 0.368 e. The number of hydrogen-bond acceptors (Lipinski definition) is 5. The molecule has 0 radical (unpaired) electrons. The molecule has 0 saturated carbocycles. The lowest BCUT2D eigenvalue weighted by Gasteiger charge is -2.36. The Bertz CT molecular complexity index is 910. The fourth-order valence-corrected chi connectivity index (χ4v) is 4.03. The molecule has 1 aromatic heterocycles. The van der Waals surface area contributed by atoms with E-state index in [0.29, 0.717) is 6.54 Å². The van der Waals surface area contributed by atoms with E-state index >= 15 is 0 Å². The summed E-state index contributed by atoms with van der Waals surface area (Å²) < 4.78 is 1.83. The number of guanidine groups is 1. The molecule has 0 aliphatic carbocycles. The quantitative estimate of drug-likeness (QED) is 0.525. The Kier molecular flexibility index (Phi) is 7.90. The standard InChI is InChI=1S/C23H34N8/c1-5-25-23(26-15-22(29(2)3)19-14-27-30(4)16-19)28-20-10-8-12-31(17-20)21-11-7-6-9-18(21)13-24/h6-7,9,11,14,16,20,22H,5,8,10,12,15,17H2,1-4H3,(H2,25,26,28). The summed E-state index contributed by atoms with van der Waals surface area (Å²) in [5.74, 6) is 0.832. The first-order chi connectivity index (χ1) is 15.0. The van der Waals surface area contributed by atoms with Gasteiger partial charge in [-0.05, 0) is 46.0 Å². The fraction of sp³-hybridized carbons (Fsp3) is 0.522. The lowest BCUT2D eigenvalue weighted by molar-refractivity contribution is 0.306. The molecule has 31 heavy (non-hydrogen) atoms. The van der Waals surface area contributed by atoms with Crippen LogP contribution < -0.4 is 15.5 Å². The van der Waals surface area contributed by atoms with E-state index < -0.39 is 0 Å². The maximum atomic E-state index is 9.46. The SMILES string of the molecule is CCNC(=NCC(c1cnn(C)c1)N(C)C)NC1CCCN(c2ccccc2C#N)C1. The number of rotatable bonds is 7. The molecule has 166 valence electrons. The second kappa shape index (κ2) is 10.8. The number of likely N-dealkylation sites (N-methyl/N-ethyl adjacent to an activating group) is 1. The van der Waals surface area contributed by atoms with Crippen LogP contribution in [0.3, 0.4) is 0 Å². The predicted molar refractivity (Wildman–Crippen MR) is 125 cm³/mol. The van der Waals surface area contributed by atoms with Crippen LogP contribution in [-0.4, -0.2) is 67.0 Å². The number of nitriles is 1. The number of aryl methyl sites for hydroxylation is 1. The third-order valence-electron chi connectivity index (χ3n) is 5.63. The molecule has 3 rings (SSSR count). The summed E-state index contributed by atoms with van der Waals surface area (Å²) in [7, 11) is 6.07. The summed E-state index contributed by atoms with van der Waals surface area (Å²) in [6.07, 6.45) is 6.11. The molecule has 8 nitrogen and oxygen atoms in total. The van der Waals surface area contributed by atoms with Crippen molar-refractivity contribution in [2.45, 2.75) is 31.8 Å². The van der Waals surface area contributed by atoms with E-state index in [0.717, 1.165) is 55.2 Å². The van der Waals surface area contributed by atoms with Crippen LogP contribution in [0.1, 0.15) is 36.9 Å². The molecular formula is C23H34N8. The van der Waals surface area contributed by atoms with E-state index in [1.165, 1.54) is 0 Å². The van der Waals surface area contributed by atoms with Crippen molar-refractivity contribution < 1.29 is 0 Å². The van der Waals surface area contributed by atoms with Gasteiger partial charge in [0.25, 0.3) is 0 Å². The zero-order valence-electron chi connectivity index (χ0n) is 19.0. The Morgan fingerprint density at radius 3 is 2.87 bits per heavy atom. The number of benzene rings is 1. The molecule has 1 fully saturated rings. The number of piperidine rings is 1. The molecule has 1 saturated heterocycles. The zero-order valence-corrected chi connectivity index (χ0v) is 19.0. The first-order valence-corrected chi connectivity index (χ1v) is 11.0. The number of anilines is 1. The zero-order chi connectivity index (χ0) is 22.2. The Balaban J connectivity index is 1.69. The lowest BCUT2D eigenvalue weighted by Crippen LogP contribution is -2.51. The summed E-state index contributed by atoms with van der Waals surface area (Å²) in [4.78, 5) is 9.37. The van der Waals surface area contributed by atoms with Crippen molar-refractivity contribution in [3.05, 3.63) is 47.8 Å². The monoisotopic (exact) mass is 422 g/mol. The van der Waals surface area contributed by atoms with Crippen molar-refractivity contribution in [3.63, 3.8) is 0 Å². The molecule has 1 aliphatic heterocycles. The van der Waals surface area contributed by atoms with Crippen LogP contribution >= 0.6 is 0 Å². The van der Waals surface area contributed by atoms with E-state index in [2.05, 4.69) is 52.6 Å². The molecule has 1 aliphatic rings. The molecule has 2 atom stereocenters. The van der Waals surface area contributed by atoms with Gasteiger partial charge in [-0.3, -0.25) is 9.67 Å². The molecular weight excluding hydrogens is 388 g/mol. The van der Waals surface area contributed by atoms with Crippen LogP contribution in [0.25, 0.3) is 0 Å². The maximum Gasteiger partial charge on any atom is 0.191 e. The van der Waals surface area contributed by atoms with E-state index in [1.54, 1.807) is 0 Å². The van der Waals surface area contributed by atoms with Gasteiger partial charge in [0, 0.05) is 44.5 Å². The van der Waals surface area contributed by atoms with Crippen molar-refractivity contribution in [1.82, 2.24) is 25.3 Å². The van der Waals surface area contributed by atoms with Crippen LogP contribution in [0.15, 0.2) is 41.7 Å². The van der Waals surface area contributed by atoms with E-state index in [4.69, 9.17) is 4.99 Å². The highest BCUT2D eigenvalue weighted by Gasteiger charge is 2.23. The van der Waals surface area contributed by atoms with Gasteiger partial charge in [-0.25, -0.2) is 0 Å². The van der Waals surface area contributed by atoms with Crippen LogP contribution in [-0.2, 0) is 7.05 Å². The third-order valence-corrected chi connectivity index (χ3v) is 5.63. The van der Waals surface area contributed by atoms with Gasteiger partial charge >= 0.3 is 0 Å². The second-order valence-electron chi connectivity index (χ2n) is 8.20. The van der Waals surface area contributed by atoms with Gasteiger partial charge in [0.05, 0.1) is 30.0 Å². The molecule has 8 heteroatoms. The second-order valence-corrected chi connectivity index (χ2v) is 8.20. The highest BCUT2D eigenvalue weighted by Crippen LogP contribution is 2.23. The molecule has 0 amide bonds. The molecule has 2 unspecified atom stereocenters. The summed E-state index contributed by atoms with van der Waals surface area (Å²) >= 11 is 0. The van der Waals surface area contributed by atoms with Gasteiger partial charge in [-0.15, -0.1) is 0 Å². The fourth-order valence-electron chi connectivity index (χ4n) is 4.03. The molecule has 0 bridgehead atoms. The van der Waals surface area contributed by atoms with Crippen LogP contribution in [0, 0.1) is 11.3 Å². The first kappa shape index (κ1) is 22.6. The highest BCUT2D eigenvalue weighted by atomic mass is 15.3. The van der Waals surface area contributed by atoms with Gasteiger partial charge < -0.3 is 20.4 Å². The highest BCUT2D eigenvalue weighted by molar-refractivity contribution is 5.80. The van der Waals surface area contributed by atoms with Crippen molar-refractivity contribution in [2.75, 3.05) is 45.2 Å². The minimum atomic E-state index is 0.162. The van der Waals surface area contributed by atoms with Crippen LogP contribution in [0.2, 0.25) is 0 Å². The smallest absolute Gasteiger partial charge is 0.191 e. The van der Waals surface area contributed by atoms with Gasteiger partial charge in [0.2, 0.25) is 0 Å². The lowest BCUT2D eigenvalue weighted by atomic mass is 10.0. The molecule has 2 N–H and O–H groups in total. The maximum absolute atomic E-state index is 9.46. The predicted octanol–water partition coefficient (Wildman–Crippen LogP) is 2.12. The normalized spacial score (nSPS) is 18.0. The van der Waals surface area contributed by atoms with Gasteiger partial charge in [0.1, 0.15) is 6.07 Å². The van der Waals surface area contributed by atoms with E-state index in [9.17, 15) is 5.26 Å². The first-order valence-electron chi connectivity index (χ1n) is 11.0. The van der Waals surface area contributed by atoms with Gasteiger partial charge in [0.15, 0.2) is 5.96 Å². The minimum Gasteiger partial charge on any atom is -0.368 e. The van der Waals surface area contributed by atoms with Crippen molar-refractivity contribution in [2.24, 2.45) is 12.0 Å². The topological polar surface area (TPSA) is 84.5 Å². The number of aromatic nitrogens is 2. The average molecular weight is 423 g/mol. The minimum absolute atomic E-state index is 0.162. The third kappa shape index (κ3) is 5.98. The molecule has 1 aromatic carbocycles. The van der Waals surface area contributed by atoms with E-state index in [1.807, 2.05) is 48.4 Å². The Morgan fingerprint density at radius 1 is 1.39 bits per heavy atom.